The summed E-state index contributed by atoms with van der Waals surface area (Å²) in [5.74, 6) is 0.0924. The van der Waals surface area contributed by atoms with Gasteiger partial charge < -0.3 is 15.8 Å². The minimum absolute atomic E-state index is 0.118. The molecule has 0 saturated heterocycles. The van der Waals surface area contributed by atoms with Crippen LogP contribution in [0.25, 0.3) is 0 Å². The summed E-state index contributed by atoms with van der Waals surface area (Å²) in [4.78, 5) is 24.8. The van der Waals surface area contributed by atoms with E-state index in [4.69, 9.17) is 10.5 Å². The molecule has 0 heterocycles. The van der Waals surface area contributed by atoms with Crippen LogP contribution in [-0.2, 0) is 9.59 Å². The number of likely N-dealkylation sites (N-methyl/N-ethyl adjacent to an activating group) is 1. The molecule has 20 heavy (non-hydrogen) atoms. The zero-order chi connectivity index (χ0) is 15.1. The number of primary amides is 1. The van der Waals surface area contributed by atoms with Crippen LogP contribution < -0.4 is 15.8 Å². The number of carbonyl (C=O) groups excluding carboxylic acids is 2. The first kappa shape index (κ1) is 16.0. The number of methoxy groups -OCH3 is 1. The van der Waals surface area contributed by atoms with Crippen molar-refractivity contribution in [3.8, 4) is 5.75 Å². The van der Waals surface area contributed by atoms with Crippen LogP contribution in [0, 0.1) is 0 Å². The topological polar surface area (TPSA) is 84.7 Å². The second-order valence-electron chi connectivity index (χ2n) is 4.42. The standard InChI is InChI=1S/C14H21N3O3/c1-4-17(10(2)14(15)19)9-13(18)16-11-5-7-12(20-3)8-6-11/h5-8,10H,4,9H2,1-3H3,(H2,15,19)(H,16,18)/t10-/m1/s1. The van der Waals surface area contributed by atoms with Crippen molar-refractivity contribution >= 4 is 17.5 Å². The van der Waals surface area contributed by atoms with Gasteiger partial charge in [0, 0.05) is 5.69 Å². The lowest BCUT2D eigenvalue weighted by molar-refractivity contribution is -0.124. The highest BCUT2D eigenvalue weighted by atomic mass is 16.5. The van der Waals surface area contributed by atoms with Crippen LogP contribution in [0.1, 0.15) is 13.8 Å². The van der Waals surface area contributed by atoms with E-state index in [1.165, 1.54) is 0 Å². The van der Waals surface area contributed by atoms with Crippen LogP contribution in [0.3, 0.4) is 0 Å². The number of hydrogen-bond donors (Lipinski definition) is 2. The quantitative estimate of drug-likeness (QED) is 0.774. The number of anilines is 1. The molecule has 0 aliphatic rings. The van der Waals surface area contributed by atoms with Gasteiger partial charge in [-0.3, -0.25) is 14.5 Å². The summed E-state index contributed by atoms with van der Waals surface area (Å²) in [7, 11) is 1.58. The molecule has 0 unspecified atom stereocenters. The maximum absolute atomic E-state index is 11.9. The van der Waals surface area contributed by atoms with E-state index in [-0.39, 0.29) is 12.5 Å². The highest BCUT2D eigenvalue weighted by molar-refractivity contribution is 5.92. The zero-order valence-electron chi connectivity index (χ0n) is 12.1. The Labute approximate surface area is 118 Å². The van der Waals surface area contributed by atoms with Crippen LogP contribution in [0.15, 0.2) is 24.3 Å². The fraction of sp³-hybridized carbons (Fsp3) is 0.429. The van der Waals surface area contributed by atoms with Crippen molar-refractivity contribution in [2.24, 2.45) is 5.73 Å². The smallest absolute Gasteiger partial charge is 0.238 e. The number of nitrogens with two attached hydrogens (primary N) is 1. The van der Waals surface area contributed by atoms with Crippen molar-refractivity contribution < 1.29 is 14.3 Å². The normalized spacial score (nSPS) is 12.0. The van der Waals surface area contributed by atoms with Crippen LogP contribution in [0.2, 0.25) is 0 Å². The number of nitrogens with one attached hydrogen (secondary N) is 1. The van der Waals surface area contributed by atoms with Gasteiger partial charge >= 0.3 is 0 Å². The van der Waals surface area contributed by atoms with Crippen LogP contribution in [0.5, 0.6) is 5.75 Å². The van der Waals surface area contributed by atoms with Crippen LogP contribution in [-0.4, -0.2) is 43.0 Å². The molecule has 6 heteroatoms. The van der Waals surface area contributed by atoms with Crippen molar-refractivity contribution in [2.75, 3.05) is 25.5 Å². The van der Waals surface area contributed by atoms with Gasteiger partial charge in [-0.15, -0.1) is 0 Å². The largest absolute Gasteiger partial charge is 0.497 e. The fourth-order valence-corrected chi connectivity index (χ4v) is 1.76. The molecule has 0 fully saturated rings. The summed E-state index contributed by atoms with van der Waals surface area (Å²) >= 11 is 0. The van der Waals surface area contributed by atoms with E-state index < -0.39 is 11.9 Å². The monoisotopic (exact) mass is 279 g/mol. The van der Waals surface area contributed by atoms with Gasteiger partial charge in [0.05, 0.1) is 19.7 Å². The van der Waals surface area contributed by atoms with Crippen molar-refractivity contribution in [2.45, 2.75) is 19.9 Å². The molecule has 0 saturated carbocycles. The van der Waals surface area contributed by atoms with Gasteiger partial charge in [0.15, 0.2) is 0 Å². The second-order valence-corrected chi connectivity index (χ2v) is 4.42. The average Bonchev–Trinajstić information content (AvgIpc) is 2.44. The minimum Gasteiger partial charge on any atom is -0.497 e. The Morgan fingerprint density at radius 1 is 1.35 bits per heavy atom. The number of ether oxygens (including phenoxy) is 1. The number of amides is 2. The SMILES string of the molecule is CCN(CC(=O)Nc1ccc(OC)cc1)[C@H](C)C(N)=O. The lowest BCUT2D eigenvalue weighted by atomic mass is 10.2. The summed E-state index contributed by atoms with van der Waals surface area (Å²) < 4.78 is 5.04. The molecular formula is C14H21N3O3. The third-order valence-corrected chi connectivity index (χ3v) is 3.09. The predicted octanol–water partition coefficient (Wildman–Crippen LogP) is 0.829. The van der Waals surface area contributed by atoms with E-state index >= 15 is 0 Å². The van der Waals surface area contributed by atoms with Gasteiger partial charge in [0.2, 0.25) is 11.8 Å². The summed E-state index contributed by atoms with van der Waals surface area (Å²) in [6.07, 6.45) is 0. The third-order valence-electron chi connectivity index (χ3n) is 3.09. The molecule has 110 valence electrons. The maximum Gasteiger partial charge on any atom is 0.238 e. The van der Waals surface area contributed by atoms with Gasteiger partial charge in [0.25, 0.3) is 0 Å². The van der Waals surface area contributed by atoms with Gasteiger partial charge in [-0.05, 0) is 37.7 Å². The molecule has 0 radical (unpaired) electrons. The molecule has 0 aromatic heterocycles. The Hall–Kier alpha value is -2.08. The Kier molecular flexibility index (Phi) is 5.99. The Balaban J connectivity index is 2.59. The van der Waals surface area contributed by atoms with Crippen LogP contribution >= 0.6 is 0 Å². The molecule has 1 aromatic rings. The first-order chi connectivity index (χ1) is 9.47. The second kappa shape index (κ2) is 7.49. The molecule has 1 atom stereocenters. The molecule has 0 spiro atoms. The van der Waals surface area contributed by atoms with Crippen molar-refractivity contribution in [1.29, 1.82) is 0 Å². The van der Waals surface area contributed by atoms with E-state index in [1.54, 1.807) is 43.2 Å². The highest BCUT2D eigenvalue weighted by Gasteiger charge is 2.19. The van der Waals surface area contributed by atoms with Gasteiger partial charge in [-0.1, -0.05) is 6.92 Å². The zero-order valence-corrected chi connectivity index (χ0v) is 12.1. The third kappa shape index (κ3) is 4.55. The number of hydrogen-bond acceptors (Lipinski definition) is 4. The van der Waals surface area contributed by atoms with E-state index in [2.05, 4.69) is 5.32 Å². The number of benzene rings is 1. The van der Waals surface area contributed by atoms with E-state index in [0.717, 1.165) is 5.75 Å². The van der Waals surface area contributed by atoms with Gasteiger partial charge in [-0.25, -0.2) is 0 Å². The molecule has 1 aromatic carbocycles. The average molecular weight is 279 g/mol. The first-order valence-electron chi connectivity index (χ1n) is 6.45. The Bertz CT molecular complexity index is 459. The Morgan fingerprint density at radius 3 is 2.40 bits per heavy atom. The summed E-state index contributed by atoms with van der Waals surface area (Å²) in [5, 5.41) is 2.76. The molecule has 0 aliphatic carbocycles. The lowest BCUT2D eigenvalue weighted by Crippen LogP contribution is -2.46. The lowest BCUT2D eigenvalue weighted by Gasteiger charge is -2.24. The summed E-state index contributed by atoms with van der Waals surface area (Å²) in [6, 6.07) is 6.56. The minimum atomic E-state index is -0.471. The molecule has 6 nitrogen and oxygen atoms in total. The van der Waals surface area contributed by atoms with Gasteiger partial charge in [0.1, 0.15) is 5.75 Å². The number of rotatable bonds is 7. The van der Waals surface area contributed by atoms with Crippen LogP contribution in [0.4, 0.5) is 5.69 Å². The van der Waals surface area contributed by atoms with E-state index in [0.29, 0.717) is 12.2 Å². The fourth-order valence-electron chi connectivity index (χ4n) is 1.76. The highest BCUT2D eigenvalue weighted by Crippen LogP contribution is 2.15. The molecular weight excluding hydrogens is 258 g/mol. The summed E-state index contributed by atoms with van der Waals surface area (Å²) in [6.45, 7) is 4.25. The number of nitrogens with zero attached hydrogens (tertiary/aromatic N) is 1. The van der Waals surface area contributed by atoms with Crippen molar-refractivity contribution in [1.82, 2.24) is 4.90 Å². The molecule has 0 bridgehead atoms. The maximum atomic E-state index is 11.9. The Morgan fingerprint density at radius 2 is 1.95 bits per heavy atom. The molecule has 3 N–H and O–H groups in total. The van der Waals surface area contributed by atoms with Gasteiger partial charge in [-0.2, -0.15) is 0 Å². The van der Waals surface area contributed by atoms with Crippen molar-refractivity contribution in [3.05, 3.63) is 24.3 Å². The molecule has 0 aliphatic heterocycles. The number of carbonyl (C=O) groups is 2. The summed E-state index contributed by atoms with van der Waals surface area (Å²) in [5.41, 5.74) is 5.93. The molecule has 2 amide bonds. The van der Waals surface area contributed by atoms with E-state index in [9.17, 15) is 9.59 Å². The first-order valence-corrected chi connectivity index (χ1v) is 6.45. The van der Waals surface area contributed by atoms with Crippen molar-refractivity contribution in [3.63, 3.8) is 0 Å². The molecule has 1 rings (SSSR count). The predicted molar refractivity (Wildman–Crippen MR) is 77.5 cm³/mol. The van der Waals surface area contributed by atoms with E-state index in [1.807, 2.05) is 6.92 Å².